The van der Waals surface area contributed by atoms with Crippen LogP contribution < -0.4 is 5.32 Å². The molecule has 2 amide bonds. The molecule has 0 aromatic heterocycles. The number of hydrogen-bond acceptors (Lipinski definition) is 5. The van der Waals surface area contributed by atoms with E-state index in [1.165, 1.54) is 0 Å². The maximum Gasteiger partial charge on any atom is 0.407 e. The zero-order chi connectivity index (χ0) is 27.3. The van der Waals surface area contributed by atoms with Gasteiger partial charge in [-0.05, 0) is 46.9 Å². The van der Waals surface area contributed by atoms with E-state index < -0.39 is 29.2 Å². The van der Waals surface area contributed by atoms with E-state index in [1.54, 1.807) is 12.0 Å². The van der Waals surface area contributed by atoms with Crippen LogP contribution in [-0.2, 0) is 24.7 Å². The van der Waals surface area contributed by atoms with Crippen molar-refractivity contribution in [3.63, 3.8) is 0 Å². The molecule has 7 nitrogen and oxygen atoms in total. The summed E-state index contributed by atoms with van der Waals surface area (Å²) in [7, 11) is 1.61. The summed E-state index contributed by atoms with van der Waals surface area (Å²) < 4.78 is 11.4. The second-order valence-corrected chi connectivity index (χ2v) is 11.2. The second kappa shape index (κ2) is 11.5. The molecule has 202 valence electrons. The second-order valence-electron chi connectivity index (χ2n) is 11.2. The van der Waals surface area contributed by atoms with Crippen LogP contribution >= 0.6 is 0 Å². The predicted molar refractivity (Wildman–Crippen MR) is 147 cm³/mol. The van der Waals surface area contributed by atoms with Crippen LogP contribution in [0.1, 0.15) is 57.6 Å². The van der Waals surface area contributed by atoms with Crippen LogP contribution in [0.5, 0.6) is 0 Å². The Morgan fingerprint density at radius 2 is 1.82 bits per heavy atom. The number of carbonyl (C=O) groups is 3. The van der Waals surface area contributed by atoms with E-state index >= 15 is 0 Å². The molecular formula is C31H38N2O5. The molecule has 0 spiro atoms. The number of alkyl carbamates (subject to hydrolysis) is 1. The lowest BCUT2D eigenvalue weighted by Crippen LogP contribution is -2.56. The fourth-order valence-corrected chi connectivity index (χ4v) is 5.31. The summed E-state index contributed by atoms with van der Waals surface area (Å²) in [6.45, 7) is 6.11. The average Bonchev–Trinajstić information content (AvgIpc) is 3.30. The molecule has 1 fully saturated rings. The summed E-state index contributed by atoms with van der Waals surface area (Å²) in [5, 5.41) is 2.77. The first-order valence-corrected chi connectivity index (χ1v) is 13.3. The maximum absolute atomic E-state index is 13.8. The van der Waals surface area contributed by atoms with E-state index in [4.69, 9.17) is 9.47 Å². The van der Waals surface area contributed by atoms with Gasteiger partial charge < -0.3 is 24.5 Å². The van der Waals surface area contributed by atoms with Crippen molar-refractivity contribution in [3.8, 4) is 11.1 Å². The molecule has 5 rings (SSSR count). The molecular weight excluding hydrogens is 480 g/mol. The summed E-state index contributed by atoms with van der Waals surface area (Å²) in [6, 6.07) is 14.9. The highest BCUT2D eigenvalue weighted by molar-refractivity contribution is 5.89. The highest BCUT2D eigenvalue weighted by Gasteiger charge is 2.50. The number of allylic oxidation sites excluding steroid dienone is 1. The number of ether oxygens (including phenoxy) is 2. The van der Waals surface area contributed by atoms with E-state index in [0.717, 1.165) is 41.4 Å². The van der Waals surface area contributed by atoms with Gasteiger partial charge >= 0.3 is 6.09 Å². The predicted octanol–water partition coefficient (Wildman–Crippen LogP) is 5.33. The first-order chi connectivity index (χ1) is 18.2. The minimum Gasteiger partial charge on any atom is -0.450 e. The van der Waals surface area contributed by atoms with Crippen molar-refractivity contribution in [2.24, 2.45) is 5.41 Å². The number of aldehydes is 1. The van der Waals surface area contributed by atoms with Crippen LogP contribution in [-0.4, -0.2) is 55.5 Å². The molecule has 0 unspecified atom stereocenters. The largest absolute Gasteiger partial charge is 0.450 e. The number of amides is 2. The van der Waals surface area contributed by atoms with E-state index in [1.807, 2.05) is 45.0 Å². The molecule has 38 heavy (non-hydrogen) atoms. The van der Waals surface area contributed by atoms with Gasteiger partial charge in [-0.3, -0.25) is 4.79 Å². The fraction of sp³-hybridized carbons (Fsp3) is 0.452. The third kappa shape index (κ3) is 5.83. The molecule has 0 saturated carbocycles. The van der Waals surface area contributed by atoms with E-state index in [0.29, 0.717) is 12.8 Å². The van der Waals surface area contributed by atoms with Gasteiger partial charge in [0.15, 0.2) is 0 Å². The van der Waals surface area contributed by atoms with Gasteiger partial charge in [0.2, 0.25) is 5.91 Å². The summed E-state index contributed by atoms with van der Waals surface area (Å²) in [5.41, 5.74) is 2.78. The van der Waals surface area contributed by atoms with Crippen molar-refractivity contribution in [3.05, 3.63) is 65.7 Å². The molecule has 7 heteroatoms. The molecule has 4 bridgehead atoms. The molecule has 3 atom stereocenters. The minimum absolute atomic E-state index is 0.202. The number of methoxy groups -OCH3 is 1. The standard InChI is InChI=1S/C31H38N2O5/c1-30(2,3)27-28(35)33-21-31(37-4,19-25(33)20-34)24-16-14-23(15-17-24)26-13-9-8-12-22(26)11-7-5-6-10-18-38-29(36)32-27/h7-9,11-17,20,25,27H,5-6,10,18-19,21H2,1-4H3,(H,32,36)/b11-7+/t25-,27+,31-/m0/s1. The third-order valence-corrected chi connectivity index (χ3v) is 7.55. The number of benzene rings is 2. The Bertz CT molecular complexity index is 1180. The summed E-state index contributed by atoms with van der Waals surface area (Å²) >= 11 is 0. The van der Waals surface area contributed by atoms with E-state index in [9.17, 15) is 14.4 Å². The first-order valence-electron chi connectivity index (χ1n) is 13.3. The van der Waals surface area contributed by atoms with Gasteiger partial charge in [-0.2, -0.15) is 0 Å². The van der Waals surface area contributed by atoms with Crippen molar-refractivity contribution >= 4 is 24.4 Å². The Morgan fingerprint density at radius 1 is 1.08 bits per heavy atom. The summed E-state index contributed by atoms with van der Waals surface area (Å²) in [6.07, 6.45) is 7.22. The normalized spacial score (nSPS) is 25.7. The topological polar surface area (TPSA) is 84.9 Å². The molecule has 0 aliphatic carbocycles. The minimum atomic E-state index is -0.863. The molecule has 3 heterocycles. The Morgan fingerprint density at radius 3 is 2.50 bits per heavy atom. The molecule has 3 aliphatic rings. The summed E-state index contributed by atoms with van der Waals surface area (Å²) in [5.74, 6) is -0.324. The van der Waals surface area contributed by atoms with Crippen molar-refractivity contribution in [2.45, 2.75) is 64.1 Å². The molecule has 3 aliphatic heterocycles. The number of fused-ring (bicyclic) bond motifs is 11. The average molecular weight is 519 g/mol. The zero-order valence-corrected chi connectivity index (χ0v) is 22.7. The van der Waals surface area contributed by atoms with Gasteiger partial charge in [-0.15, -0.1) is 0 Å². The Kier molecular flexibility index (Phi) is 8.36. The van der Waals surface area contributed by atoms with Crippen LogP contribution in [0.4, 0.5) is 4.79 Å². The van der Waals surface area contributed by atoms with Crippen LogP contribution in [0.2, 0.25) is 0 Å². The number of nitrogens with one attached hydrogen (secondary N) is 1. The molecule has 2 aromatic carbocycles. The van der Waals surface area contributed by atoms with Crippen LogP contribution in [0.3, 0.4) is 0 Å². The Labute approximate surface area is 225 Å². The third-order valence-electron chi connectivity index (χ3n) is 7.55. The highest BCUT2D eigenvalue weighted by atomic mass is 16.5. The van der Waals surface area contributed by atoms with Gasteiger partial charge in [0, 0.05) is 13.5 Å². The molecule has 1 saturated heterocycles. The first kappa shape index (κ1) is 27.6. The van der Waals surface area contributed by atoms with Crippen molar-refractivity contribution in [1.29, 1.82) is 0 Å². The lowest BCUT2D eigenvalue weighted by atomic mass is 9.85. The highest BCUT2D eigenvalue weighted by Crippen LogP contribution is 2.40. The van der Waals surface area contributed by atoms with Crippen LogP contribution in [0, 0.1) is 5.41 Å². The van der Waals surface area contributed by atoms with Crippen molar-refractivity contribution in [1.82, 2.24) is 10.2 Å². The lowest BCUT2D eigenvalue weighted by Gasteiger charge is -2.35. The molecule has 1 N–H and O–H groups in total. The van der Waals surface area contributed by atoms with Gasteiger partial charge in [0.1, 0.15) is 17.9 Å². The van der Waals surface area contributed by atoms with Gasteiger partial charge in [-0.1, -0.05) is 81.5 Å². The lowest BCUT2D eigenvalue weighted by molar-refractivity contribution is -0.139. The van der Waals surface area contributed by atoms with Crippen LogP contribution in [0.25, 0.3) is 17.2 Å². The Hall–Kier alpha value is -3.45. The molecule has 2 aromatic rings. The van der Waals surface area contributed by atoms with E-state index in [-0.39, 0.29) is 19.1 Å². The monoisotopic (exact) mass is 518 g/mol. The quantitative estimate of drug-likeness (QED) is 0.543. The van der Waals surface area contributed by atoms with Crippen LogP contribution in [0.15, 0.2) is 54.6 Å². The van der Waals surface area contributed by atoms with Crippen molar-refractivity contribution < 1.29 is 23.9 Å². The zero-order valence-electron chi connectivity index (χ0n) is 22.7. The number of nitrogens with zero attached hydrogens (tertiary/aromatic N) is 1. The van der Waals surface area contributed by atoms with E-state index in [2.05, 4.69) is 41.7 Å². The summed E-state index contributed by atoms with van der Waals surface area (Å²) in [4.78, 5) is 40.2. The van der Waals surface area contributed by atoms with Gasteiger partial charge in [-0.25, -0.2) is 4.79 Å². The smallest absolute Gasteiger partial charge is 0.407 e. The molecule has 0 radical (unpaired) electrons. The Balaban J connectivity index is 1.74. The number of hydrogen-bond donors (Lipinski definition) is 1. The van der Waals surface area contributed by atoms with Gasteiger partial charge in [0.05, 0.1) is 19.2 Å². The fourth-order valence-electron chi connectivity index (χ4n) is 5.31. The van der Waals surface area contributed by atoms with Crippen molar-refractivity contribution in [2.75, 3.05) is 20.3 Å². The van der Waals surface area contributed by atoms with Gasteiger partial charge in [0.25, 0.3) is 0 Å². The number of rotatable bonds is 2. The SMILES string of the molecule is CO[C@@]12C[C@@H](C=O)N(C1)C(=O)[C@H](C(C)(C)C)NC(=O)OCCCC/C=C/c1ccccc1-c1ccc2cc1. The maximum atomic E-state index is 13.8. The number of carbonyl (C=O) groups excluding carboxylic acids is 3.